The highest BCUT2D eigenvalue weighted by Crippen LogP contribution is 2.49. The maximum atomic E-state index is 12.8. The molecule has 0 fully saturated rings. The number of esters is 1. The van der Waals surface area contributed by atoms with Gasteiger partial charge in [0, 0.05) is 34.2 Å². The number of aromatic hydroxyl groups is 1. The van der Waals surface area contributed by atoms with Crippen LogP contribution in [0.3, 0.4) is 0 Å². The molecule has 3 heteroatoms. The minimum absolute atomic E-state index is 0.0477. The summed E-state index contributed by atoms with van der Waals surface area (Å²) in [5, 5.41) is 12.0. The fourth-order valence-corrected chi connectivity index (χ4v) is 6.10. The van der Waals surface area contributed by atoms with E-state index in [0.717, 1.165) is 60.8 Å². The zero-order chi connectivity index (χ0) is 32.3. The number of phenols is 1. The van der Waals surface area contributed by atoms with E-state index in [1.807, 2.05) is 0 Å². The average molecular weight is 577 g/mol. The molecule has 3 nitrogen and oxygen atoms in total. The van der Waals surface area contributed by atoms with E-state index in [4.69, 9.17) is 4.74 Å². The molecule has 1 N–H and O–H groups in total. The molecule has 0 aliphatic heterocycles. The molecule has 0 aliphatic carbocycles. The molecule has 0 bridgehead atoms. The molecule has 0 spiro atoms. The summed E-state index contributed by atoms with van der Waals surface area (Å²) in [5.74, 6) is 0.266. The van der Waals surface area contributed by atoms with Gasteiger partial charge in [-0.25, -0.2) is 4.79 Å². The van der Waals surface area contributed by atoms with E-state index in [-0.39, 0.29) is 27.6 Å². The third kappa shape index (κ3) is 7.50. The van der Waals surface area contributed by atoms with Crippen LogP contribution < -0.4 is 4.74 Å². The molecule has 1 unspecified atom stereocenters. The highest BCUT2D eigenvalue weighted by atomic mass is 16.5. The van der Waals surface area contributed by atoms with Gasteiger partial charge in [0.25, 0.3) is 0 Å². The first-order valence-electron chi connectivity index (χ1n) is 16.2. The van der Waals surface area contributed by atoms with Gasteiger partial charge in [0.2, 0.25) is 0 Å². The summed E-state index contributed by atoms with van der Waals surface area (Å²) in [6.07, 6.45) is 7.27. The second-order valence-corrected chi connectivity index (χ2v) is 15.0. The molecule has 1 atom stereocenters. The van der Waals surface area contributed by atoms with Crippen LogP contribution in [0.5, 0.6) is 11.5 Å². The minimum Gasteiger partial charge on any atom is -0.507 e. The van der Waals surface area contributed by atoms with Crippen LogP contribution in [0.25, 0.3) is 0 Å². The highest BCUT2D eigenvalue weighted by Gasteiger charge is 2.34. The maximum Gasteiger partial charge on any atom is 0.335 e. The van der Waals surface area contributed by atoms with Crippen LogP contribution in [0.2, 0.25) is 0 Å². The van der Waals surface area contributed by atoms with E-state index in [2.05, 4.69) is 121 Å². The van der Waals surface area contributed by atoms with E-state index in [1.165, 1.54) is 17.2 Å². The van der Waals surface area contributed by atoms with E-state index in [1.54, 1.807) is 0 Å². The molecule has 234 valence electrons. The molecule has 0 saturated carbocycles. The SMILES string of the molecule is C=CC(=O)Oc1c(C(C)c2cc(C(C)(C)CCC)cc(C(C)(C)CC)c2O)cc(C(C)(C)CCC)cc1C(C)(C)CC. The number of ether oxygens (including phenoxy) is 1. The Balaban J connectivity index is 3.10. The van der Waals surface area contributed by atoms with Crippen LogP contribution in [0, 0.1) is 0 Å². The molecule has 2 aromatic rings. The van der Waals surface area contributed by atoms with Crippen LogP contribution in [-0.4, -0.2) is 11.1 Å². The summed E-state index contributed by atoms with van der Waals surface area (Å²) in [7, 11) is 0. The molecule has 0 aromatic heterocycles. The second kappa shape index (κ2) is 13.4. The topological polar surface area (TPSA) is 46.5 Å². The van der Waals surface area contributed by atoms with E-state index in [9.17, 15) is 9.90 Å². The number of hydrogen-bond donors (Lipinski definition) is 1. The van der Waals surface area contributed by atoms with Gasteiger partial charge in [-0.05, 0) is 58.5 Å². The molecular weight excluding hydrogens is 516 g/mol. The Morgan fingerprint density at radius 3 is 1.62 bits per heavy atom. The zero-order valence-corrected chi connectivity index (χ0v) is 29.2. The number of carbonyl (C=O) groups is 1. The molecule has 2 rings (SSSR count). The number of phenolic OH excluding ortho intramolecular Hbond substituents is 1. The molecule has 0 aliphatic rings. The summed E-state index contributed by atoms with van der Waals surface area (Å²) >= 11 is 0. The third-order valence-corrected chi connectivity index (χ3v) is 10.1. The van der Waals surface area contributed by atoms with E-state index < -0.39 is 5.97 Å². The lowest BCUT2D eigenvalue weighted by Crippen LogP contribution is -2.24. The lowest BCUT2D eigenvalue weighted by atomic mass is 9.71. The monoisotopic (exact) mass is 576 g/mol. The van der Waals surface area contributed by atoms with Crippen LogP contribution >= 0.6 is 0 Å². The lowest BCUT2D eigenvalue weighted by Gasteiger charge is -2.34. The van der Waals surface area contributed by atoms with Gasteiger partial charge in [0.15, 0.2) is 0 Å². The Bertz CT molecular complexity index is 1260. The number of benzene rings is 2. The summed E-state index contributed by atoms with van der Waals surface area (Å²) < 4.78 is 6.14. The van der Waals surface area contributed by atoms with Crippen LogP contribution in [0.15, 0.2) is 36.9 Å². The van der Waals surface area contributed by atoms with Crippen LogP contribution in [0.1, 0.15) is 168 Å². The minimum atomic E-state index is -0.466. The average Bonchev–Trinajstić information content (AvgIpc) is 2.92. The summed E-state index contributed by atoms with van der Waals surface area (Å²) in [4.78, 5) is 12.8. The Morgan fingerprint density at radius 1 is 0.762 bits per heavy atom. The van der Waals surface area contributed by atoms with Gasteiger partial charge in [0.05, 0.1) is 0 Å². The van der Waals surface area contributed by atoms with Crippen molar-refractivity contribution in [1.82, 2.24) is 0 Å². The van der Waals surface area contributed by atoms with Crippen molar-refractivity contribution < 1.29 is 14.6 Å². The Labute approximate surface area is 258 Å². The standard InChI is InChI=1S/C39H60O3/c1-15-20-38(11,12)27-22-29(34(41)31(24-27)36(7,8)18-4)26(6)30-23-28(39(13,14)21-16-2)25-32(37(9,10)19-5)35(30)42-33(40)17-3/h17,22-26,41H,3,15-16,18-21H2,1-2,4-14H3. The predicted octanol–water partition coefficient (Wildman–Crippen LogP) is 11.2. The molecule has 0 saturated heterocycles. The van der Waals surface area contributed by atoms with Crippen molar-refractivity contribution in [3.63, 3.8) is 0 Å². The van der Waals surface area contributed by atoms with Crippen LogP contribution in [-0.2, 0) is 26.5 Å². The first-order chi connectivity index (χ1) is 19.3. The first-order valence-corrected chi connectivity index (χ1v) is 16.2. The Kier molecular flexibility index (Phi) is 11.4. The summed E-state index contributed by atoms with van der Waals surface area (Å²) in [6, 6.07) is 8.93. The molecule has 42 heavy (non-hydrogen) atoms. The first kappa shape index (κ1) is 35.6. The van der Waals surface area contributed by atoms with Crippen molar-refractivity contribution in [2.45, 2.75) is 156 Å². The Morgan fingerprint density at radius 2 is 1.19 bits per heavy atom. The number of hydrogen-bond acceptors (Lipinski definition) is 3. The largest absolute Gasteiger partial charge is 0.507 e. The van der Waals surface area contributed by atoms with Gasteiger partial charge < -0.3 is 9.84 Å². The highest BCUT2D eigenvalue weighted by molar-refractivity contribution is 5.84. The smallest absolute Gasteiger partial charge is 0.335 e. The molecule has 2 aromatic carbocycles. The quantitative estimate of drug-likeness (QED) is 0.138. The van der Waals surface area contributed by atoms with Crippen molar-refractivity contribution in [2.24, 2.45) is 0 Å². The maximum absolute atomic E-state index is 12.8. The number of rotatable bonds is 14. The van der Waals surface area contributed by atoms with E-state index in [0.29, 0.717) is 11.5 Å². The van der Waals surface area contributed by atoms with E-state index >= 15 is 0 Å². The number of carbonyl (C=O) groups excluding carboxylic acids is 1. The van der Waals surface area contributed by atoms with Gasteiger partial charge in [-0.15, -0.1) is 0 Å². The molecular formula is C39H60O3. The van der Waals surface area contributed by atoms with Crippen LogP contribution in [0.4, 0.5) is 0 Å². The van der Waals surface area contributed by atoms with Gasteiger partial charge in [-0.2, -0.15) is 0 Å². The van der Waals surface area contributed by atoms with Gasteiger partial charge in [-0.1, -0.05) is 134 Å². The van der Waals surface area contributed by atoms with Crippen molar-refractivity contribution in [1.29, 1.82) is 0 Å². The fraction of sp³-hybridized carbons (Fsp3) is 0.615. The lowest BCUT2D eigenvalue weighted by molar-refractivity contribution is -0.129. The molecule has 0 heterocycles. The van der Waals surface area contributed by atoms with Crippen molar-refractivity contribution in [3.8, 4) is 11.5 Å². The summed E-state index contributed by atoms with van der Waals surface area (Å²) in [6.45, 7) is 32.7. The predicted molar refractivity (Wildman–Crippen MR) is 180 cm³/mol. The van der Waals surface area contributed by atoms with Gasteiger partial charge in [0.1, 0.15) is 11.5 Å². The third-order valence-electron chi connectivity index (χ3n) is 10.1. The fourth-order valence-electron chi connectivity index (χ4n) is 6.10. The summed E-state index contributed by atoms with van der Waals surface area (Å²) in [5.41, 5.74) is 5.76. The second-order valence-electron chi connectivity index (χ2n) is 15.0. The zero-order valence-electron chi connectivity index (χ0n) is 29.2. The molecule has 0 amide bonds. The van der Waals surface area contributed by atoms with Gasteiger partial charge >= 0.3 is 5.97 Å². The Hall–Kier alpha value is -2.55. The van der Waals surface area contributed by atoms with Crippen molar-refractivity contribution in [3.05, 3.63) is 70.3 Å². The van der Waals surface area contributed by atoms with Crippen molar-refractivity contribution >= 4 is 5.97 Å². The van der Waals surface area contributed by atoms with Crippen molar-refractivity contribution in [2.75, 3.05) is 0 Å². The molecule has 0 radical (unpaired) electrons. The normalized spacial score (nSPS) is 13.6. The van der Waals surface area contributed by atoms with Gasteiger partial charge in [-0.3, -0.25) is 0 Å².